The second-order valence-electron chi connectivity index (χ2n) is 7.43. The van der Waals surface area contributed by atoms with Gasteiger partial charge in [-0.3, -0.25) is 9.36 Å². The number of imidazole rings is 1. The van der Waals surface area contributed by atoms with E-state index in [4.69, 9.17) is 4.74 Å². The zero-order chi connectivity index (χ0) is 20.5. The Morgan fingerprint density at radius 2 is 1.97 bits per heavy atom. The third-order valence-electron chi connectivity index (χ3n) is 5.12. The van der Waals surface area contributed by atoms with Gasteiger partial charge in [0.25, 0.3) is 0 Å². The van der Waals surface area contributed by atoms with Gasteiger partial charge in [-0.1, -0.05) is 11.3 Å². The Hall–Kier alpha value is -2.66. The Bertz CT molecular complexity index is 1060. The van der Waals surface area contributed by atoms with Crippen molar-refractivity contribution in [1.82, 2.24) is 23.9 Å². The first-order chi connectivity index (χ1) is 14.7. The molecule has 0 amide bonds. The van der Waals surface area contributed by atoms with Crippen LogP contribution in [-0.4, -0.2) is 55.3 Å². The van der Waals surface area contributed by atoms with E-state index >= 15 is 0 Å². The third-order valence-corrected chi connectivity index (χ3v) is 6.96. The number of ether oxygens (including phenoxy) is 1. The van der Waals surface area contributed by atoms with Crippen LogP contribution in [0.2, 0.25) is 0 Å². The van der Waals surface area contributed by atoms with Crippen LogP contribution in [-0.2, 0) is 4.74 Å². The zero-order valence-corrected chi connectivity index (χ0v) is 17.8. The Kier molecular flexibility index (Phi) is 5.30. The van der Waals surface area contributed by atoms with E-state index in [-0.39, 0.29) is 18.1 Å². The largest absolute Gasteiger partial charge is 0.452 e. The van der Waals surface area contributed by atoms with Crippen LogP contribution in [0.3, 0.4) is 0 Å². The molecule has 4 heterocycles. The monoisotopic (exact) mass is 444 g/mol. The van der Waals surface area contributed by atoms with Crippen LogP contribution in [0.15, 0.2) is 18.7 Å². The van der Waals surface area contributed by atoms with Gasteiger partial charge in [0.15, 0.2) is 17.4 Å². The van der Waals surface area contributed by atoms with Gasteiger partial charge < -0.3 is 9.64 Å². The quantitative estimate of drug-likeness (QED) is 0.405. The first kappa shape index (κ1) is 19.3. The van der Waals surface area contributed by atoms with Crippen molar-refractivity contribution in [1.29, 1.82) is 0 Å². The van der Waals surface area contributed by atoms with Crippen LogP contribution in [0, 0.1) is 0 Å². The Balaban J connectivity index is 1.17. The zero-order valence-electron chi connectivity index (χ0n) is 16.2. The average Bonchev–Trinajstić information content (AvgIpc) is 3.20. The van der Waals surface area contributed by atoms with Crippen LogP contribution >= 0.6 is 22.9 Å². The molecule has 0 atom stereocenters. The lowest BCUT2D eigenvalue weighted by molar-refractivity contribution is 0.0470. The highest BCUT2D eigenvalue weighted by Gasteiger charge is 2.28. The number of rotatable bonds is 7. The van der Waals surface area contributed by atoms with Crippen molar-refractivity contribution in [3.8, 4) is 5.13 Å². The molecule has 30 heavy (non-hydrogen) atoms. The van der Waals surface area contributed by atoms with Crippen LogP contribution < -0.4 is 4.90 Å². The van der Waals surface area contributed by atoms with E-state index in [0.29, 0.717) is 15.9 Å². The molecule has 0 spiro atoms. The fraction of sp³-hybridized carbons (Fsp3) is 0.474. The summed E-state index contributed by atoms with van der Waals surface area (Å²) in [6, 6.07) is 0. The van der Waals surface area contributed by atoms with Gasteiger partial charge in [-0.05, 0) is 32.1 Å². The summed E-state index contributed by atoms with van der Waals surface area (Å²) in [5.74, 6) is 0.416. The maximum absolute atomic E-state index is 12.4. The molecule has 0 N–H and O–H groups in total. The number of carbonyl (C=O) groups is 2. The van der Waals surface area contributed by atoms with E-state index < -0.39 is 5.97 Å². The van der Waals surface area contributed by atoms with Crippen molar-refractivity contribution in [2.24, 2.45) is 0 Å². The van der Waals surface area contributed by atoms with Gasteiger partial charge in [-0.25, -0.2) is 19.7 Å². The topological polar surface area (TPSA) is 103 Å². The van der Waals surface area contributed by atoms with E-state index in [9.17, 15) is 9.59 Å². The number of piperidine rings is 1. The van der Waals surface area contributed by atoms with Crippen molar-refractivity contribution < 1.29 is 14.3 Å². The SMILES string of the molecule is O=C(OCC(=O)c1cnc(N2CCCCC2)s1)c1cn(-c2nc(C3CC3)ns2)cn1. The second-order valence-corrected chi connectivity index (χ2v) is 9.17. The van der Waals surface area contributed by atoms with Gasteiger partial charge in [0.1, 0.15) is 12.2 Å². The normalized spacial score (nSPS) is 16.6. The van der Waals surface area contributed by atoms with Gasteiger partial charge in [0.05, 0.1) is 11.1 Å². The molecular formula is C19H20N6O3S2. The molecule has 2 fully saturated rings. The van der Waals surface area contributed by atoms with Crippen molar-refractivity contribution in [3.63, 3.8) is 0 Å². The van der Waals surface area contributed by atoms with Crippen LogP contribution in [0.25, 0.3) is 5.13 Å². The smallest absolute Gasteiger partial charge is 0.358 e. The molecule has 2 aliphatic rings. The summed E-state index contributed by atoms with van der Waals surface area (Å²) in [4.78, 5) is 40.3. The summed E-state index contributed by atoms with van der Waals surface area (Å²) in [5.41, 5.74) is 0.129. The van der Waals surface area contributed by atoms with Crippen molar-refractivity contribution >= 4 is 39.8 Å². The summed E-state index contributed by atoms with van der Waals surface area (Å²) in [5, 5.41) is 1.51. The molecule has 5 rings (SSSR count). The highest BCUT2D eigenvalue weighted by Crippen LogP contribution is 2.39. The lowest BCUT2D eigenvalue weighted by Crippen LogP contribution is -2.29. The number of nitrogens with zero attached hydrogens (tertiary/aromatic N) is 6. The highest BCUT2D eigenvalue weighted by atomic mass is 32.1. The van der Waals surface area contributed by atoms with E-state index in [2.05, 4.69) is 24.2 Å². The Morgan fingerprint density at radius 3 is 2.77 bits per heavy atom. The Labute approximate surface area is 180 Å². The van der Waals surface area contributed by atoms with Gasteiger partial charge in [0, 0.05) is 36.7 Å². The number of ketones is 1. The standard InChI is InChI=1S/C19H20N6O3S2/c26-14(15-8-20-18(29-15)24-6-2-1-3-7-24)10-28-17(27)13-9-25(11-21-13)19-22-16(23-30-19)12-4-5-12/h8-9,11-12H,1-7,10H2. The molecule has 0 bridgehead atoms. The molecule has 3 aromatic heterocycles. The van der Waals surface area contributed by atoms with Gasteiger partial charge in [-0.2, -0.15) is 4.37 Å². The number of hydrogen-bond donors (Lipinski definition) is 0. The van der Waals surface area contributed by atoms with Crippen molar-refractivity contribution in [3.05, 3.63) is 35.1 Å². The third kappa shape index (κ3) is 4.12. The summed E-state index contributed by atoms with van der Waals surface area (Å²) in [6.45, 7) is 1.60. The number of thiazole rings is 1. The molecule has 1 aliphatic heterocycles. The van der Waals surface area contributed by atoms with E-state index in [0.717, 1.165) is 49.7 Å². The second kappa shape index (κ2) is 8.23. The maximum Gasteiger partial charge on any atom is 0.358 e. The maximum atomic E-state index is 12.4. The van der Waals surface area contributed by atoms with Gasteiger partial charge in [0.2, 0.25) is 10.9 Å². The minimum absolute atomic E-state index is 0.129. The fourth-order valence-corrected chi connectivity index (χ4v) is 4.86. The molecule has 9 nitrogen and oxygen atoms in total. The van der Waals surface area contributed by atoms with Gasteiger partial charge >= 0.3 is 5.97 Å². The average molecular weight is 445 g/mol. The molecule has 0 radical (unpaired) electrons. The minimum Gasteiger partial charge on any atom is -0.452 e. The lowest BCUT2D eigenvalue weighted by atomic mass is 10.1. The Morgan fingerprint density at radius 1 is 1.13 bits per heavy atom. The minimum atomic E-state index is -0.644. The first-order valence-electron chi connectivity index (χ1n) is 9.96. The number of anilines is 1. The van der Waals surface area contributed by atoms with Crippen LogP contribution in [0.5, 0.6) is 0 Å². The number of carbonyl (C=O) groups excluding carboxylic acids is 2. The highest BCUT2D eigenvalue weighted by molar-refractivity contribution is 7.17. The number of aromatic nitrogens is 5. The van der Waals surface area contributed by atoms with E-state index in [1.54, 1.807) is 17.0 Å². The fourth-order valence-electron chi connectivity index (χ4n) is 3.27. The van der Waals surface area contributed by atoms with Crippen molar-refractivity contribution in [2.45, 2.75) is 38.0 Å². The molecule has 0 aromatic carbocycles. The van der Waals surface area contributed by atoms with Gasteiger partial charge in [-0.15, -0.1) is 0 Å². The number of esters is 1. The molecule has 1 saturated heterocycles. The molecule has 156 valence electrons. The molecular weight excluding hydrogens is 424 g/mol. The number of Topliss-reactive ketones (excluding diaryl/α,β-unsaturated/α-hetero) is 1. The summed E-state index contributed by atoms with van der Waals surface area (Å²) in [7, 11) is 0. The molecule has 1 aliphatic carbocycles. The molecule has 3 aromatic rings. The number of hydrogen-bond acceptors (Lipinski definition) is 10. The summed E-state index contributed by atoms with van der Waals surface area (Å²) >= 11 is 2.62. The van der Waals surface area contributed by atoms with Crippen molar-refractivity contribution in [2.75, 3.05) is 24.6 Å². The molecule has 1 saturated carbocycles. The predicted molar refractivity (Wildman–Crippen MR) is 112 cm³/mol. The summed E-state index contributed by atoms with van der Waals surface area (Å²) < 4.78 is 11.2. The molecule has 0 unspecified atom stereocenters. The van der Waals surface area contributed by atoms with E-state index in [1.807, 2.05) is 0 Å². The first-order valence-corrected chi connectivity index (χ1v) is 11.6. The van der Waals surface area contributed by atoms with Crippen LogP contribution in [0.4, 0.5) is 5.13 Å². The predicted octanol–water partition coefficient (Wildman–Crippen LogP) is 3.09. The lowest BCUT2D eigenvalue weighted by Gasteiger charge is -2.25. The molecule has 11 heteroatoms. The van der Waals surface area contributed by atoms with Crippen LogP contribution in [0.1, 0.15) is 64.0 Å². The van der Waals surface area contributed by atoms with E-state index in [1.165, 1.54) is 35.6 Å². The summed E-state index contributed by atoms with van der Waals surface area (Å²) in [6.07, 6.45) is 10.4.